The van der Waals surface area contributed by atoms with Gasteiger partial charge in [0.05, 0.1) is 0 Å². The van der Waals surface area contributed by atoms with Gasteiger partial charge >= 0.3 is 6.18 Å². The van der Waals surface area contributed by atoms with Gasteiger partial charge in [-0.3, -0.25) is 4.79 Å². The van der Waals surface area contributed by atoms with Gasteiger partial charge in [0.1, 0.15) is 0 Å². The molecule has 0 bridgehead atoms. The summed E-state index contributed by atoms with van der Waals surface area (Å²) in [4.78, 5) is 15.1. The number of carbonyl (C=O) groups excluding carboxylic acids is 1. The van der Waals surface area contributed by atoms with Crippen molar-refractivity contribution >= 4 is 5.91 Å². The number of nitrogens with one attached hydrogen (secondary N) is 1. The molecule has 0 fully saturated rings. The van der Waals surface area contributed by atoms with Gasteiger partial charge in [0.15, 0.2) is 11.4 Å². The molecule has 0 saturated carbocycles. The number of nitrogens with zero attached hydrogens (tertiary/aromatic N) is 2. The minimum atomic E-state index is -4.81. The van der Waals surface area contributed by atoms with Crippen LogP contribution < -0.4 is 11.1 Å². The molecular formula is C9H13F3N4O2. The van der Waals surface area contributed by atoms with Crippen molar-refractivity contribution in [1.82, 2.24) is 15.5 Å². The van der Waals surface area contributed by atoms with Crippen LogP contribution in [-0.4, -0.2) is 34.3 Å². The molecule has 1 heterocycles. The highest BCUT2D eigenvalue weighted by Crippen LogP contribution is 2.27. The van der Waals surface area contributed by atoms with E-state index in [1.807, 2.05) is 0 Å². The summed E-state index contributed by atoms with van der Waals surface area (Å²) in [7, 11) is 0. The molecule has 0 radical (unpaired) electrons. The molecule has 0 aliphatic heterocycles. The van der Waals surface area contributed by atoms with Crippen LogP contribution in [0, 0.1) is 6.92 Å². The fourth-order valence-electron chi connectivity index (χ4n) is 1.04. The number of hydrogen-bond donors (Lipinski definition) is 2. The number of aryl methyl sites for hydroxylation is 1. The lowest BCUT2D eigenvalue weighted by Gasteiger charge is -2.25. The van der Waals surface area contributed by atoms with E-state index in [9.17, 15) is 18.0 Å². The standard InChI is InChI=1S/C9H13F3N4O2/c1-5-15-6(18-16-5)3-4-14-7(17)8(2,13)9(10,11)12/h3-4,13H2,1-2H3,(H,14,17). The van der Waals surface area contributed by atoms with E-state index in [0.717, 1.165) is 0 Å². The lowest BCUT2D eigenvalue weighted by atomic mass is 10.0. The van der Waals surface area contributed by atoms with E-state index < -0.39 is 17.6 Å². The average molecular weight is 266 g/mol. The first-order chi connectivity index (χ1) is 8.14. The summed E-state index contributed by atoms with van der Waals surface area (Å²) in [5, 5.41) is 5.57. The van der Waals surface area contributed by atoms with Crippen LogP contribution >= 0.6 is 0 Å². The highest BCUT2D eigenvalue weighted by atomic mass is 19.4. The highest BCUT2D eigenvalue weighted by molar-refractivity contribution is 5.86. The fourth-order valence-corrected chi connectivity index (χ4v) is 1.04. The van der Waals surface area contributed by atoms with E-state index in [1.54, 1.807) is 6.92 Å². The van der Waals surface area contributed by atoms with E-state index in [4.69, 9.17) is 10.3 Å². The zero-order valence-electron chi connectivity index (χ0n) is 9.84. The lowest BCUT2D eigenvalue weighted by molar-refractivity contribution is -0.187. The molecule has 102 valence electrons. The van der Waals surface area contributed by atoms with Crippen LogP contribution in [0.3, 0.4) is 0 Å². The summed E-state index contributed by atoms with van der Waals surface area (Å²) in [6.45, 7) is 2.15. The second kappa shape index (κ2) is 4.92. The fraction of sp³-hybridized carbons (Fsp3) is 0.667. The zero-order valence-corrected chi connectivity index (χ0v) is 9.84. The molecule has 3 N–H and O–H groups in total. The number of aromatic nitrogens is 2. The minimum absolute atomic E-state index is 0.0661. The summed E-state index contributed by atoms with van der Waals surface area (Å²) >= 11 is 0. The Labute approximate surface area is 101 Å². The summed E-state index contributed by atoms with van der Waals surface area (Å²) in [6, 6.07) is 0. The molecule has 0 aromatic carbocycles. The van der Waals surface area contributed by atoms with E-state index in [0.29, 0.717) is 12.7 Å². The van der Waals surface area contributed by atoms with Crippen LogP contribution in [0.15, 0.2) is 4.52 Å². The van der Waals surface area contributed by atoms with Gasteiger partial charge in [-0.25, -0.2) is 0 Å². The topological polar surface area (TPSA) is 94.0 Å². The van der Waals surface area contributed by atoms with Gasteiger partial charge in [-0.1, -0.05) is 5.16 Å². The first kappa shape index (κ1) is 14.4. The third-order valence-corrected chi connectivity index (χ3v) is 2.25. The Morgan fingerprint density at radius 2 is 2.11 bits per heavy atom. The van der Waals surface area contributed by atoms with Crippen LogP contribution in [-0.2, 0) is 11.2 Å². The van der Waals surface area contributed by atoms with Gasteiger partial charge in [0, 0.05) is 13.0 Å². The molecule has 0 spiro atoms. The molecule has 1 rings (SSSR count). The van der Waals surface area contributed by atoms with Crippen molar-refractivity contribution in [2.45, 2.75) is 32.0 Å². The Morgan fingerprint density at radius 3 is 2.56 bits per heavy atom. The van der Waals surface area contributed by atoms with Gasteiger partial charge in [-0.2, -0.15) is 18.2 Å². The molecule has 6 nitrogen and oxygen atoms in total. The van der Waals surface area contributed by atoms with Gasteiger partial charge in [0.25, 0.3) is 0 Å². The SMILES string of the molecule is Cc1noc(CCNC(=O)C(C)(N)C(F)(F)F)n1. The molecule has 1 aromatic rings. The summed E-state index contributed by atoms with van der Waals surface area (Å²) in [5.41, 5.74) is 2.01. The predicted octanol–water partition coefficient (Wildman–Crippen LogP) is 0.316. The van der Waals surface area contributed by atoms with Crippen LogP contribution in [0.1, 0.15) is 18.6 Å². The molecule has 9 heteroatoms. The van der Waals surface area contributed by atoms with E-state index in [1.165, 1.54) is 0 Å². The molecular weight excluding hydrogens is 253 g/mol. The van der Waals surface area contributed by atoms with E-state index >= 15 is 0 Å². The van der Waals surface area contributed by atoms with Gasteiger partial charge in [0.2, 0.25) is 11.8 Å². The van der Waals surface area contributed by atoms with E-state index in [-0.39, 0.29) is 18.9 Å². The van der Waals surface area contributed by atoms with Crippen molar-refractivity contribution in [2.24, 2.45) is 5.73 Å². The highest BCUT2D eigenvalue weighted by Gasteiger charge is 2.53. The number of amides is 1. The second-order valence-corrected chi connectivity index (χ2v) is 3.94. The largest absolute Gasteiger partial charge is 0.415 e. The number of alkyl halides is 3. The quantitative estimate of drug-likeness (QED) is 0.818. The smallest absolute Gasteiger partial charge is 0.354 e. The van der Waals surface area contributed by atoms with Crippen LogP contribution in [0.25, 0.3) is 0 Å². The number of nitrogens with two attached hydrogens (primary N) is 1. The number of carbonyl (C=O) groups is 1. The normalized spacial score (nSPS) is 15.2. The first-order valence-corrected chi connectivity index (χ1v) is 5.07. The van der Waals surface area contributed by atoms with Gasteiger partial charge in [-0.05, 0) is 13.8 Å². The maximum Gasteiger partial charge on any atom is 0.415 e. The molecule has 0 aliphatic carbocycles. The predicted molar refractivity (Wildman–Crippen MR) is 54.4 cm³/mol. The lowest BCUT2D eigenvalue weighted by Crippen LogP contribution is -2.61. The Balaban J connectivity index is 2.47. The molecule has 18 heavy (non-hydrogen) atoms. The first-order valence-electron chi connectivity index (χ1n) is 5.07. The summed E-state index contributed by atoms with van der Waals surface area (Å²) < 4.78 is 42.0. The maximum atomic E-state index is 12.4. The van der Waals surface area contributed by atoms with Crippen molar-refractivity contribution in [3.8, 4) is 0 Å². The van der Waals surface area contributed by atoms with E-state index in [2.05, 4.69) is 15.5 Å². The third kappa shape index (κ3) is 3.19. The number of rotatable bonds is 4. The molecule has 1 atom stereocenters. The third-order valence-electron chi connectivity index (χ3n) is 2.25. The Bertz CT molecular complexity index is 428. The minimum Gasteiger partial charge on any atom is -0.354 e. The Hall–Kier alpha value is -1.64. The molecule has 1 aromatic heterocycles. The molecule has 1 amide bonds. The van der Waals surface area contributed by atoms with Crippen molar-refractivity contribution in [2.75, 3.05) is 6.54 Å². The van der Waals surface area contributed by atoms with Gasteiger partial charge < -0.3 is 15.6 Å². The van der Waals surface area contributed by atoms with Crippen LogP contribution in [0.5, 0.6) is 0 Å². The summed E-state index contributed by atoms with van der Waals surface area (Å²) in [5.74, 6) is -0.653. The Morgan fingerprint density at radius 1 is 1.50 bits per heavy atom. The monoisotopic (exact) mass is 266 g/mol. The number of halogens is 3. The number of hydrogen-bond acceptors (Lipinski definition) is 5. The van der Waals surface area contributed by atoms with Crippen molar-refractivity contribution < 1.29 is 22.5 Å². The van der Waals surface area contributed by atoms with Crippen LogP contribution in [0.2, 0.25) is 0 Å². The van der Waals surface area contributed by atoms with Gasteiger partial charge in [-0.15, -0.1) is 0 Å². The van der Waals surface area contributed by atoms with Crippen molar-refractivity contribution in [3.05, 3.63) is 11.7 Å². The van der Waals surface area contributed by atoms with Crippen molar-refractivity contribution in [1.29, 1.82) is 0 Å². The second-order valence-electron chi connectivity index (χ2n) is 3.94. The Kier molecular flexibility index (Phi) is 3.95. The average Bonchev–Trinajstić information content (AvgIpc) is 2.62. The molecule has 0 aliphatic rings. The van der Waals surface area contributed by atoms with Crippen LogP contribution in [0.4, 0.5) is 13.2 Å². The van der Waals surface area contributed by atoms with Crippen molar-refractivity contribution in [3.63, 3.8) is 0 Å². The molecule has 0 saturated heterocycles. The zero-order chi connectivity index (χ0) is 14.0. The molecule has 1 unspecified atom stereocenters. The maximum absolute atomic E-state index is 12.4. The summed E-state index contributed by atoms with van der Waals surface area (Å²) in [6.07, 6.45) is -4.67.